The van der Waals surface area contributed by atoms with Gasteiger partial charge in [0, 0.05) is 23.8 Å². The average Bonchev–Trinajstić information content (AvgIpc) is 3.23. The Morgan fingerprint density at radius 1 is 0.540 bits per heavy atom. The van der Waals surface area contributed by atoms with Crippen molar-refractivity contribution in [2.24, 2.45) is 0 Å². The molecule has 0 aliphatic rings. The number of benzene rings is 4. The van der Waals surface area contributed by atoms with Crippen molar-refractivity contribution >= 4 is 90.9 Å². The third-order valence-electron chi connectivity index (χ3n) is 10.3. The van der Waals surface area contributed by atoms with Gasteiger partial charge in [0.05, 0.1) is 37.5 Å². The zero-order valence-corrected chi connectivity index (χ0v) is 36.8. The Balaban J connectivity index is 0.00000683. The monoisotopic (exact) mass is 930 g/mol. The molecule has 336 valence electrons. The summed E-state index contributed by atoms with van der Waals surface area (Å²) in [6.45, 7) is 2.58. The van der Waals surface area contributed by atoms with Gasteiger partial charge in [-0.15, -0.1) is 0 Å². The van der Waals surface area contributed by atoms with Crippen molar-refractivity contribution in [3.8, 4) is 34.5 Å². The van der Waals surface area contributed by atoms with E-state index in [0.29, 0.717) is 12.7 Å². The van der Waals surface area contributed by atoms with Gasteiger partial charge in [0.15, 0.2) is 11.5 Å². The molecule has 0 aromatic heterocycles. The number of ether oxygens (including phenoxy) is 3. The fourth-order valence-corrected chi connectivity index (χ4v) is 8.70. The van der Waals surface area contributed by atoms with E-state index in [4.69, 9.17) is 18.4 Å². The summed E-state index contributed by atoms with van der Waals surface area (Å²) >= 11 is 0. The molecule has 3 N–H and O–H groups in total. The molecule has 0 aliphatic heterocycles. The molecule has 17 heteroatoms. The predicted molar refractivity (Wildman–Crippen MR) is 246 cm³/mol. The number of phenolic OH excluding ortho intramolecular Hbond substituents is 2. The molecule has 0 atom stereocenters. The topological polar surface area (TPSA) is 200 Å². The van der Waals surface area contributed by atoms with Crippen molar-refractivity contribution in [3.63, 3.8) is 0 Å². The molecule has 4 aromatic rings. The quantitative estimate of drug-likeness (QED) is 0.0160. The van der Waals surface area contributed by atoms with Crippen LogP contribution < -0.4 is 18.4 Å². The number of carbonyl (C=O) groups excluding carboxylic acids is 2. The zero-order valence-electron chi connectivity index (χ0n) is 35.2. The van der Waals surface area contributed by atoms with Crippen LogP contribution in [-0.2, 0) is 20.2 Å². The van der Waals surface area contributed by atoms with Crippen molar-refractivity contribution < 1.29 is 59.6 Å². The Labute approximate surface area is 416 Å². The van der Waals surface area contributed by atoms with Crippen LogP contribution in [0.5, 0.6) is 34.5 Å². The van der Waals surface area contributed by atoms with Gasteiger partial charge in [-0.05, 0) is 30.7 Å². The number of unbranched alkanes of at least 4 members (excludes halogenated alkanes) is 15. The first-order chi connectivity index (χ1) is 29.2. The Hall–Kier alpha value is -3.12. The van der Waals surface area contributed by atoms with Crippen LogP contribution in [0.25, 0.3) is 0 Å². The van der Waals surface area contributed by atoms with E-state index in [1.165, 1.54) is 89.2 Å². The summed E-state index contributed by atoms with van der Waals surface area (Å²) in [5, 5.41) is 21.4. The van der Waals surface area contributed by atoms with E-state index in [1.54, 1.807) is 36.4 Å². The molecule has 0 heterocycles. The summed E-state index contributed by atoms with van der Waals surface area (Å²) < 4.78 is 83.5. The molecule has 0 unspecified atom stereocenters. The second-order valence-electron chi connectivity index (χ2n) is 14.9. The summed E-state index contributed by atoms with van der Waals surface area (Å²) in [7, 11) is -7.77. The van der Waals surface area contributed by atoms with Crippen LogP contribution in [-0.4, -0.2) is 123 Å². The van der Waals surface area contributed by atoms with Crippen LogP contribution in [0.15, 0.2) is 82.6 Å². The van der Waals surface area contributed by atoms with E-state index >= 15 is 0 Å². The van der Waals surface area contributed by atoms with Crippen LogP contribution in [0.2, 0.25) is 0 Å². The normalized spacial score (nSPS) is 11.2. The molecule has 0 bridgehead atoms. The van der Waals surface area contributed by atoms with Gasteiger partial charge in [-0.1, -0.05) is 134 Å². The summed E-state index contributed by atoms with van der Waals surface area (Å²) in [4.78, 5) is 25.7. The van der Waals surface area contributed by atoms with E-state index in [0.717, 1.165) is 58.1 Å². The summed E-state index contributed by atoms with van der Waals surface area (Å²) in [5.41, 5.74) is -1.28. The fourth-order valence-electron chi connectivity index (χ4n) is 6.92. The van der Waals surface area contributed by atoms with Crippen molar-refractivity contribution in [2.45, 2.75) is 119 Å². The summed E-state index contributed by atoms with van der Waals surface area (Å²) in [5.74, 6) is -4.44. The number of ketones is 2. The number of carbonyl (C=O) groups is 2. The molecule has 0 saturated heterocycles. The standard InChI is InChI=1S/C46H58O13S2.2Na.2H/c1-4-5-6-7-8-9-10-11-12-13-14-15-16-17-18-22-27-58-34-25-26-35(45(49)33-23-20-19-21-24-33)40(28-34)59-61(54,55)44-30-37(39(48)32-42(44)57-3)46(50)36-29-43(60(51,52)53)41(56-2)31-38(36)47;;;;/h19-21,23-26,28-32,47-48H,4-18,22,27H2,1-3H3,(H,51,52,53);;;;. The van der Waals surface area contributed by atoms with E-state index in [-0.39, 0.29) is 81.7 Å². The van der Waals surface area contributed by atoms with Crippen molar-refractivity contribution in [1.29, 1.82) is 0 Å². The molecule has 0 aliphatic carbocycles. The predicted octanol–water partition coefficient (Wildman–Crippen LogP) is 8.93. The summed E-state index contributed by atoms with van der Waals surface area (Å²) in [6.07, 6.45) is 19.7. The molecule has 0 fully saturated rings. The molecule has 0 saturated carbocycles. The molecular formula is C46H60Na2O13S2. The number of aromatic hydroxyl groups is 2. The van der Waals surface area contributed by atoms with Gasteiger partial charge >= 0.3 is 69.2 Å². The Bertz CT molecular complexity index is 2300. The Morgan fingerprint density at radius 3 is 1.48 bits per heavy atom. The number of rotatable bonds is 28. The maximum absolute atomic E-state index is 14.1. The zero-order chi connectivity index (χ0) is 44.4. The van der Waals surface area contributed by atoms with Gasteiger partial charge < -0.3 is 28.6 Å². The van der Waals surface area contributed by atoms with Crippen molar-refractivity contribution in [2.75, 3.05) is 20.8 Å². The fraction of sp³-hybridized carbons (Fsp3) is 0.435. The number of hydrogen-bond acceptors (Lipinski definition) is 12. The molecule has 63 heavy (non-hydrogen) atoms. The van der Waals surface area contributed by atoms with Crippen molar-refractivity contribution in [3.05, 3.63) is 95.1 Å². The number of methoxy groups -OCH3 is 2. The average molecular weight is 931 g/mol. The Morgan fingerprint density at radius 2 is 1.00 bits per heavy atom. The van der Waals surface area contributed by atoms with Crippen LogP contribution in [0.4, 0.5) is 0 Å². The van der Waals surface area contributed by atoms with Gasteiger partial charge in [-0.25, -0.2) is 0 Å². The third kappa shape index (κ3) is 17.0. The minimum atomic E-state index is -4.99. The van der Waals surface area contributed by atoms with E-state index in [1.807, 2.05) is 0 Å². The van der Waals surface area contributed by atoms with Crippen molar-refractivity contribution in [1.82, 2.24) is 0 Å². The molecule has 13 nitrogen and oxygen atoms in total. The van der Waals surface area contributed by atoms with Gasteiger partial charge in [-0.3, -0.25) is 14.1 Å². The first kappa shape index (κ1) is 56.0. The molecule has 4 aromatic carbocycles. The van der Waals surface area contributed by atoms with Gasteiger partial charge in [0.2, 0.25) is 5.78 Å². The maximum atomic E-state index is 14.1. The van der Waals surface area contributed by atoms with Gasteiger partial charge in [-0.2, -0.15) is 16.8 Å². The SMILES string of the molecule is CCCCCCCCCCCCCCCCCCOc1ccc(C(=O)c2ccccc2)c(OS(=O)(=O)c2cc(C(=O)c3cc(S(=O)(=O)O)c(OC)cc3O)c(O)cc2OC)c1.[NaH].[NaH]. The van der Waals surface area contributed by atoms with Gasteiger partial charge in [0.25, 0.3) is 10.1 Å². The van der Waals surface area contributed by atoms with Gasteiger partial charge in [0.1, 0.15) is 38.5 Å². The molecule has 0 amide bonds. The van der Waals surface area contributed by atoms with Crippen LogP contribution in [0.1, 0.15) is 141 Å². The minimum absolute atomic E-state index is 0. The molecule has 0 spiro atoms. The number of hydrogen-bond donors (Lipinski definition) is 3. The summed E-state index contributed by atoms with van der Waals surface area (Å²) in [6, 6.07) is 15.3. The first-order valence-corrected chi connectivity index (χ1v) is 23.7. The second kappa shape index (κ2) is 28.0. The number of phenols is 2. The molecule has 0 radical (unpaired) electrons. The molecular weight excluding hydrogens is 871 g/mol. The second-order valence-corrected chi connectivity index (χ2v) is 17.8. The third-order valence-corrected chi connectivity index (χ3v) is 12.4. The molecule has 4 rings (SSSR count). The van der Waals surface area contributed by atoms with E-state index < -0.39 is 75.7 Å². The van der Waals surface area contributed by atoms with E-state index in [2.05, 4.69) is 6.92 Å². The van der Waals surface area contributed by atoms with Crippen LogP contribution in [0, 0.1) is 0 Å². The first-order valence-electron chi connectivity index (χ1n) is 20.9. The van der Waals surface area contributed by atoms with Crippen LogP contribution in [0.3, 0.4) is 0 Å². The van der Waals surface area contributed by atoms with E-state index in [9.17, 15) is 41.2 Å². The Kier molecular flexibility index (Phi) is 24.9. The van der Waals surface area contributed by atoms with Crippen LogP contribution >= 0.6 is 0 Å².